The molecule has 0 unspecified atom stereocenters. The van der Waals surface area contributed by atoms with Crippen molar-refractivity contribution in [1.82, 2.24) is 15.0 Å². The quantitative estimate of drug-likeness (QED) is 0.249. The highest BCUT2D eigenvalue weighted by atomic mass is 19.1. The van der Waals surface area contributed by atoms with Gasteiger partial charge in [-0.15, -0.1) is 0 Å². The van der Waals surface area contributed by atoms with E-state index >= 15 is 0 Å². The molecule has 176 valence electrons. The van der Waals surface area contributed by atoms with Gasteiger partial charge < -0.3 is 0 Å². The lowest BCUT2D eigenvalue weighted by Gasteiger charge is -2.10. The third-order valence-electron chi connectivity index (χ3n) is 6.23. The second-order valence-electron chi connectivity index (χ2n) is 8.68. The van der Waals surface area contributed by atoms with Crippen LogP contribution in [-0.2, 0) is 0 Å². The Kier molecular flexibility index (Phi) is 6.05. The molecule has 1 heterocycles. The van der Waals surface area contributed by atoms with Gasteiger partial charge in [0, 0.05) is 11.1 Å². The van der Waals surface area contributed by atoms with E-state index in [2.05, 4.69) is 41.4 Å². The van der Waals surface area contributed by atoms with Crippen molar-refractivity contribution < 1.29 is 4.39 Å². The second kappa shape index (κ2) is 9.96. The molecule has 6 rings (SSSR count). The number of hydrogen-bond donors (Lipinski definition) is 0. The molecule has 3 nitrogen and oxygen atoms in total. The van der Waals surface area contributed by atoms with E-state index in [0.717, 1.165) is 33.4 Å². The van der Waals surface area contributed by atoms with Gasteiger partial charge in [0.25, 0.3) is 0 Å². The molecular formula is C33H22FN3. The van der Waals surface area contributed by atoms with Crippen LogP contribution in [-0.4, -0.2) is 15.0 Å². The molecule has 4 heteroatoms. The van der Waals surface area contributed by atoms with Gasteiger partial charge in [0.15, 0.2) is 17.5 Å². The summed E-state index contributed by atoms with van der Waals surface area (Å²) >= 11 is 0. The highest BCUT2D eigenvalue weighted by molar-refractivity contribution is 5.73. The molecule has 1 aromatic heterocycles. The Morgan fingerprint density at radius 3 is 1.49 bits per heavy atom. The van der Waals surface area contributed by atoms with Crippen molar-refractivity contribution in [3.05, 3.63) is 139 Å². The van der Waals surface area contributed by atoms with Crippen LogP contribution in [0.15, 0.2) is 133 Å². The van der Waals surface area contributed by atoms with Crippen molar-refractivity contribution in [2.24, 2.45) is 0 Å². The Morgan fingerprint density at radius 2 is 0.811 bits per heavy atom. The smallest absolute Gasteiger partial charge is 0.167 e. The summed E-state index contributed by atoms with van der Waals surface area (Å²) in [5, 5.41) is 0. The highest BCUT2D eigenvalue weighted by Gasteiger charge is 2.15. The molecule has 0 spiro atoms. The van der Waals surface area contributed by atoms with Crippen LogP contribution in [0.5, 0.6) is 0 Å². The summed E-state index contributed by atoms with van der Waals surface area (Å²) in [7, 11) is 0. The molecule has 0 fully saturated rings. The van der Waals surface area contributed by atoms with Crippen LogP contribution in [0.3, 0.4) is 0 Å². The van der Waals surface area contributed by atoms with Gasteiger partial charge in [-0.25, -0.2) is 19.3 Å². The van der Waals surface area contributed by atoms with Crippen LogP contribution >= 0.6 is 0 Å². The van der Waals surface area contributed by atoms with E-state index in [1.165, 1.54) is 6.07 Å². The Hall–Kier alpha value is -4.96. The van der Waals surface area contributed by atoms with Crippen molar-refractivity contribution in [2.45, 2.75) is 0 Å². The number of nitrogens with zero attached hydrogens (tertiary/aromatic N) is 3. The Balaban J connectivity index is 1.47. The Labute approximate surface area is 215 Å². The Morgan fingerprint density at radius 1 is 0.351 bits per heavy atom. The maximum absolute atomic E-state index is 14.8. The lowest BCUT2D eigenvalue weighted by molar-refractivity contribution is 0.630. The zero-order valence-corrected chi connectivity index (χ0v) is 19.9. The second-order valence-corrected chi connectivity index (χ2v) is 8.68. The molecule has 37 heavy (non-hydrogen) atoms. The van der Waals surface area contributed by atoms with Crippen LogP contribution in [0.4, 0.5) is 4.39 Å². The zero-order chi connectivity index (χ0) is 25.0. The molecule has 0 saturated carbocycles. The largest absolute Gasteiger partial charge is 0.208 e. The zero-order valence-electron chi connectivity index (χ0n) is 19.9. The third-order valence-corrected chi connectivity index (χ3v) is 6.23. The topological polar surface area (TPSA) is 38.7 Å². The third kappa shape index (κ3) is 4.78. The SMILES string of the molecule is Fc1ccccc1-c1nc(-c2ccc(-c3ccccc3)cc2)nc(-c2cccc(-c3ccccc3)c2)n1. The molecule has 0 radical (unpaired) electrons. The standard InChI is InChI=1S/C33H22FN3/c34-30-17-8-7-16-29(30)33-36-31(26-20-18-25(19-21-26)23-10-3-1-4-11-23)35-32(37-33)28-15-9-14-27(22-28)24-12-5-2-6-13-24/h1-22H. The first kappa shape index (κ1) is 22.5. The summed E-state index contributed by atoms with van der Waals surface area (Å²) in [4.78, 5) is 14.2. The van der Waals surface area contributed by atoms with Crippen molar-refractivity contribution in [1.29, 1.82) is 0 Å². The number of benzene rings is 5. The summed E-state index contributed by atoms with van der Waals surface area (Å²) in [5.74, 6) is 0.916. The van der Waals surface area contributed by atoms with Crippen molar-refractivity contribution >= 4 is 0 Å². The van der Waals surface area contributed by atoms with Crippen molar-refractivity contribution in [2.75, 3.05) is 0 Å². The maximum Gasteiger partial charge on any atom is 0.167 e. The van der Waals surface area contributed by atoms with Crippen molar-refractivity contribution in [3.63, 3.8) is 0 Å². The van der Waals surface area contributed by atoms with Crippen LogP contribution in [0.1, 0.15) is 0 Å². The predicted octanol–water partition coefficient (Wildman–Crippen LogP) is 8.35. The van der Waals surface area contributed by atoms with E-state index in [1.54, 1.807) is 18.2 Å². The monoisotopic (exact) mass is 479 g/mol. The molecule has 0 atom stereocenters. The van der Waals surface area contributed by atoms with Crippen molar-refractivity contribution in [3.8, 4) is 56.4 Å². The van der Waals surface area contributed by atoms with Crippen LogP contribution in [0.25, 0.3) is 56.4 Å². The summed E-state index contributed by atoms with van der Waals surface area (Å²) in [6.07, 6.45) is 0. The summed E-state index contributed by atoms with van der Waals surface area (Å²) < 4.78 is 14.8. The number of aromatic nitrogens is 3. The van der Waals surface area contributed by atoms with Gasteiger partial charge in [0.1, 0.15) is 5.82 Å². The molecule has 0 N–H and O–H groups in total. The first-order valence-corrected chi connectivity index (χ1v) is 12.1. The summed E-state index contributed by atoms with van der Waals surface area (Å²) in [6.45, 7) is 0. The molecule has 0 aliphatic heterocycles. The van der Waals surface area contributed by atoms with E-state index < -0.39 is 0 Å². The average molecular weight is 480 g/mol. The van der Waals surface area contributed by atoms with Crippen LogP contribution in [0, 0.1) is 5.82 Å². The molecule has 0 aliphatic carbocycles. The van der Waals surface area contributed by atoms with Gasteiger partial charge in [0.2, 0.25) is 0 Å². The molecule has 0 saturated heterocycles. The first-order chi connectivity index (χ1) is 18.2. The van der Waals surface area contributed by atoms with E-state index in [0.29, 0.717) is 23.0 Å². The summed E-state index contributed by atoms with van der Waals surface area (Å²) in [6, 6.07) is 43.0. The predicted molar refractivity (Wildman–Crippen MR) is 147 cm³/mol. The van der Waals surface area contributed by atoms with Crippen LogP contribution < -0.4 is 0 Å². The average Bonchev–Trinajstić information content (AvgIpc) is 2.98. The fourth-order valence-corrected chi connectivity index (χ4v) is 4.31. The molecule has 0 amide bonds. The summed E-state index contributed by atoms with van der Waals surface area (Å²) in [5.41, 5.74) is 6.40. The van der Waals surface area contributed by atoms with E-state index in [1.807, 2.05) is 72.8 Å². The first-order valence-electron chi connectivity index (χ1n) is 12.1. The van der Waals surface area contributed by atoms with E-state index in [4.69, 9.17) is 9.97 Å². The van der Waals surface area contributed by atoms with Gasteiger partial charge in [-0.2, -0.15) is 0 Å². The normalized spacial score (nSPS) is 10.8. The number of hydrogen-bond acceptors (Lipinski definition) is 3. The Bertz CT molecular complexity index is 1660. The lowest BCUT2D eigenvalue weighted by atomic mass is 10.0. The molecule has 5 aromatic carbocycles. The van der Waals surface area contributed by atoms with E-state index in [9.17, 15) is 4.39 Å². The minimum atomic E-state index is -0.372. The maximum atomic E-state index is 14.8. The molecule has 0 aliphatic rings. The fraction of sp³-hybridized carbons (Fsp3) is 0. The van der Waals surface area contributed by atoms with Gasteiger partial charge in [-0.1, -0.05) is 115 Å². The van der Waals surface area contributed by atoms with Crippen LogP contribution in [0.2, 0.25) is 0 Å². The van der Waals surface area contributed by atoms with Gasteiger partial charge >= 0.3 is 0 Å². The minimum absolute atomic E-state index is 0.301. The number of halogens is 1. The highest BCUT2D eigenvalue weighted by Crippen LogP contribution is 2.29. The van der Waals surface area contributed by atoms with Gasteiger partial charge in [-0.05, 0) is 40.5 Å². The lowest BCUT2D eigenvalue weighted by Crippen LogP contribution is -2.01. The molecular weight excluding hydrogens is 457 g/mol. The van der Waals surface area contributed by atoms with Gasteiger partial charge in [-0.3, -0.25) is 0 Å². The minimum Gasteiger partial charge on any atom is -0.208 e. The molecule has 0 bridgehead atoms. The van der Waals surface area contributed by atoms with Gasteiger partial charge in [0.05, 0.1) is 5.56 Å². The number of rotatable bonds is 5. The van der Waals surface area contributed by atoms with E-state index in [-0.39, 0.29) is 5.82 Å². The molecule has 6 aromatic rings. The fourth-order valence-electron chi connectivity index (χ4n) is 4.31.